The minimum absolute atomic E-state index is 0.00204. The maximum absolute atomic E-state index is 13.4. The monoisotopic (exact) mass is 465 g/mol. The minimum atomic E-state index is -0.646. The lowest BCUT2D eigenvalue weighted by Gasteiger charge is -2.31. The van der Waals surface area contributed by atoms with Crippen LogP contribution in [-0.4, -0.2) is 46.8 Å². The van der Waals surface area contributed by atoms with Crippen LogP contribution in [0.2, 0.25) is 0 Å². The third-order valence-electron chi connectivity index (χ3n) is 7.58. The summed E-state index contributed by atoms with van der Waals surface area (Å²) in [5, 5.41) is 13.0. The standard InChI is InChI=1S/C25H31N5O4/c1-30-20(9-12-26-30)22(31)29-21(16-5-3-2-4-6-16)23(32)27-17-7-8-18-19(15-17)28-24(33)25(18)10-13-34-14-11-25/h7-9,12,15-16,21H,2-6,10-11,13-14H2,1H3,(H,27,32)(H,28,33)(H,29,31)/t21-/m0/s1. The van der Waals surface area contributed by atoms with E-state index in [2.05, 4.69) is 21.0 Å². The van der Waals surface area contributed by atoms with Crippen molar-refractivity contribution >= 4 is 29.1 Å². The lowest BCUT2D eigenvalue weighted by Crippen LogP contribution is -2.49. The van der Waals surface area contributed by atoms with Crippen LogP contribution >= 0.6 is 0 Å². The van der Waals surface area contributed by atoms with Crippen LogP contribution in [0, 0.1) is 5.92 Å². The molecule has 180 valence electrons. The van der Waals surface area contributed by atoms with E-state index in [4.69, 9.17) is 4.74 Å². The third-order valence-corrected chi connectivity index (χ3v) is 7.58. The predicted molar refractivity (Wildman–Crippen MR) is 126 cm³/mol. The van der Waals surface area contributed by atoms with E-state index in [1.165, 1.54) is 4.68 Å². The van der Waals surface area contributed by atoms with Crippen LogP contribution in [0.1, 0.15) is 61.0 Å². The first kappa shape index (κ1) is 22.6. The molecule has 9 heteroatoms. The summed E-state index contributed by atoms with van der Waals surface area (Å²) in [4.78, 5) is 39.1. The molecule has 34 heavy (non-hydrogen) atoms. The first-order chi connectivity index (χ1) is 16.5. The molecule has 1 saturated carbocycles. The number of nitrogens with zero attached hydrogens (tertiary/aromatic N) is 2. The third kappa shape index (κ3) is 4.09. The molecule has 5 rings (SSSR count). The normalized spacial score (nSPS) is 20.4. The fourth-order valence-corrected chi connectivity index (χ4v) is 5.62. The molecule has 1 aromatic heterocycles. The average molecular weight is 466 g/mol. The van der Waals surface area contributed by atoms with E-state index < -0.39 is 11.5 Å². The van der Waals surface area contributed by atoms with Gasteiger partial charge in [-0.25, -0.2) is 0 Å². The number of carbonyl (C=O) groups excluding carboxylic acids is 3. The molecule has 3 aliphatic rings. The molecule has 1 aromatic carbocycles. The number of benzene rings is 1. The molecule has 0 bridgehead atoms. The second-order valence-corrected chi connectivity index (χ2v) is 9.59. The number of fused-ring (bicyclic) bond motifs is 2. The van der Waals surface area contributed by atoms with Gasteiger partial charge in [-0.3, -0.25) is 19.1 Å². The predicted octanol–water partition coefficient (Wildman–Crippen LogP) is 2.74. The van der Waals surface area contributed by atoms with Crippen molar-refractivity contribution in [2.24, 2.45) is 13.0 Å². The molecule has 3 heterocycles. The number of anilines is 2. The van der Waals surface area contributed by atoms with Crippen molar-refractivity contribution in [1.29, 1.82) is 0 Å². The number of nitrogens with one attached hydrogen (secondary N) is 3. The summed E-state index contributed by atoms with van der Waals surface area (Å²) in [6.07, 6.45) is 7.91. The zero-order chi connectivity index (χ0) is 23.7. The van der Waals surface area contributed by atoms with Crippen molar-refractivity contribution in [3.63, 3.8) is 0 Å². The van der Waals surface area contributed by atoms with Crippen molar-refractivity contribution in [1.82, 2.24) is 15.1 Å². The van der Waals surface area contributed by atoms with E-state index in [0.717, 1.165) is 43.4 Å². The second kappa shape index (κ2) is 9.21. The van der Waals surface area contributed by atoms with Gasteiger partial charge in [0.2, 0.25) is 11.8 Å². The van der Waals surface area contributed by atoms with Gasteiger partial charge in [0.1, 0.15) is 11.7 Å². The number of aromatic nitrogens is 2. The highest BCUT2D eigenvalue weighted by Crippen LogP contribution is 2.45. The highest BCUT2D eigenvalue weighted by atomic mass is 16.5. The molecule has 3 amide bonds. The van der Waals surface area contributed by atoms with Crippen LogP contribution in [-0.2, 0) is 26.8 Å². The van der Waals surface area contributed by atoms with Crippen molar-refractivity contribution in [2.45, 2.75) is 56.4 Å². The fourth-order valence-electron chi connectivity index (χ4n) is 5.62. The summed E-state index contributed by atoms with van der Waals surface area (Å²) in [5.74, 6) is -0.482. The quantitative estimate of drug-likeness (QED) is 0.628. The molecule has 9 nitrogen and oxygen atoms in total. The first-order valence-electron chi connectivity index (χ1n) is 12.1. The lowest BCUT2D eigenvalue weighted by molar-refractivity contribution is -0.124. The molecule has 0 unspecified atom stereocenters. The molecule has 2 fully saturated rings. The number of amides is 3. The molecular weight excluding hydrogens is 434 g/mol. The molecule has 2 aromatic rings. The van der Waals surface area contributed by atoms with Gasteiger partial charge in [-0.15, -0.1) is 0 Å². The maximum Gasteiger partial charge on any atom is 0.270 e. The number of hydrogen-bond acceptors (Lipinski definition) is 5. The minimum Gasteiger partial charge on any atom is -0.381 e. The van der Waals surface area contributed by atoms with E-state index in [0.29, 0.717) is 37.4 Å². The molecule has 3 N–H and O–H groups in total. The Bertz CT molecular complexity index is 1100. The Kier molecular flexibility index (Phi) is 6.12. The largest absolute Gasteiger partial charge is 0.381 e. The smallest absolute Gasteiger partial charge is 0.270 e. The topological polar surface area (TPSA) is 114 Å². The van der Waals surface area contributed by atoms with E-state index in [-0.39, 0.29) is 23.6 Å². The van der Waals surface area contributed by atoms with Crippen LogP contribution in [0.15, 0.2) is 30.5 Å². The molecular formula is C25H31N5O4. The molecule has 0 radical (unpaired) electrons. The van der Waals surface area contributed by atoms with Gasteiger partial charge in [-0.05, 0) is 55.4 Å². The van der Waals surface area contributed by atoms with Gasteiger partial charge >= 0.3 is 0 Å². The van der Waals surface area contributed by atoms with E-state index in [9.17, 15) is 14.4 Å². The molecule has 2 aliphatic heterocycles. The Hall–Kier alpha value is -3.20. The molecule has 1 atom stereocenters. The Morgan fingerprint density at radius 1 is 1.18 bits per heavy atom. The number of carbonyl (C=O) groups is 3. The Labute approximate surface area is 198 Å². The van der Waals surface area contributed by atoms with Crippen LogP contribution < -0.4 is 16.0 Å². The number of rotatable bonds is 5. The van der Waals surface area contributed by atoms with Crippen molar-refractivity contribution in [3.05, 3.63) is 41.7 Å². The van der Waals surface area contributed by atoms with Gasteiger partial charge in [-0.1, -0.05) is 25.3 Å². The Morgan fingerprint density at radius 2 is 1.94 bits per heavy atom. The number of aryl methyl sites for hydroxylation is 1. The van der Waals surface area contributed by atoms with Crippen molar-refractivity contribution in [2.75, 3.05) is 23.8 Å². The second-order valence-electron chi connectivity index (χ2n) is 9.59. The van der Waals surface area contributed by atoms with Crippen LogP contribution in [0.5, 0.6) is 0 Å². The fraction of sp³-hybridized carbons (Fsp3) is 0.520. The summed E-state index contributed by atoms with van der Waals surface area (Å²) in [6.45, 7) is 1.12. The number of ether oxygens (including phenoxy) is 1. The van der Waals surface area contributed by atoms with Crippen LogP contribution in [0.25, 0.3) is 0 Å². The zero-order valence-electron chi connectivity index (χ0n) is 19.4. The highest BCUT2D eigenvalue weighted by Gasteiger charge is 2.47. The molecule has 1 aliphatic carbocycles. The summed E-state index contributed by atoms with van der Waals surface area (Å²) in [6, 6.07) is 6.58. The van der Waals surface area contributed by atoms with Gasteiger partial charge in [0.25, 0.3) is 5.91 Å². The van der Waals surface area contributed by atoms with Gasteiger partial charge in [0.15, 0.2) is 0 Å². The van der Waals surface area contributed by atoms with E-state index in [1.807, 2.05) is 18.2 Å². The molecule has 1 spiro atoms. The Balaban J connectivity index is 1.35. The van der Waals surface area contributed by atoms with Crippen LogP contribution in [0.3, 0.4) is 0 Å². The van der Waals surface area contributed by atoms with Gasteiger partial charge in [0.05, 0.1) is 5.41 Å². The highest BCUT2D eigenvalue weighted by molar-refractivity contribution is 6.07. The SMILES string of the molecule is Cn1nccc1C(=O)N[C@H](C(=O)Nc1ccc2c(c1)NC(=O)C21CCOCC1)C1CCCCC1. The summed E-state index contributed by atoms with van der Waals surface area (Å²) >= 11 is 0. The van der Waals surface area contributed by atoms with E-state index in [1.54, 1.807) is 19.3 Å². The summed E-state index contributed by atoms with van der Waals surface area (Å²) in [7, 11) is 1.70. The van der Waals surface area contributed by atoms with Gasteiger partial charge in [-0.2, -0.15) is 5.10 Å². The van der Waals surface area contributed by atoms with E-state index >= 15 is 0 Å². The van der Waals surface area contributed by atoms with Gasteiger partial charge in [0, 0.05) is 37.8 Å². The molecule has 1 saturated heterocycles. The summed E-state index contributed by atoms with van der Waals surface area (Å²) in [5.41, 5.74) is 2.17. The van der Waals surface area contributed by atoms with Crippen LogP contribution in [0.4, 0.5) is 11.4 Å². The zero-order valence-corrected chi connectivity index (χ0v) is 19.4. The summed E-state index contributed by atoms with van der Waals surface area (Å²) < 4.78 is 6.97. The maximum atomic E-state index is 13.4. The first-order valence-corrected chi connectivity index (χ1v) is 12.1. The Morgan fingerprint density at radius 3 is 2.65 bits per heavy atom. The van der Waals surface area contributed by atoms with Gasteiger partial charge < -0.3 is 20.7 Å². The number of hydrogen-bond donors (Lipinski definition) is 3. The van der Waals surface area contributed by atoms with Crippen molar-refractivity contribution in [3.8, 4) is 0 Å². The average Bonchev–Trinajstić information content (AvgIpc) is 3.39. The lowest BCUT2D eigenvalue weighted by atomic mass is 9.75. The van der Waals surface area contributed by atoms with Crippen molar-refractivity contribution < 1.29 is 19.1 Å².